The lowest BCUT2D eigenvalue weighted by Gasteiger charge is -2.29. The molecule has 0 aromatic heterocycles. The van der Waals surface area contributed by atoms with E-state index in [9.17, 15) is 0 Å². The lowest BCUT2D eigenvalue weighted by molar-refractivity contribution is 0.361. The summed E-state index contributed by atoms with van der Waals surface area (Å²) in [6.07, 6.45) is 3.36. The molecule has 0 saturated carbocycles. The van der Waals surface area contributed by atoms with E-state index in [0.717, 1.165) is 25.3 Å². The molecule has 0 aliphatic carbocycles. The summed E-state index contributed by atoms with van der Waals surface area (Å²) in [6.45, 7) is 6.38. The van der Waals surface area contributed by atoms with Crippen molar-refractivity contribution in [2.45, 2.75) is 45.6 Å². The third-order valence-electron chi connectivity index (χ3n) is 3.49. The molecule has 2 heteroatoms. The molecule has 17 heavy (non-hydrogen) atoms. The number of amidine groups is 1. The van der Waals surface area contributed by atoms with E-state index in [2.05, 4.69) is 43.0 Å². The van der Waals surface area contributed by atoms with E-state index >= 15 is 0 Å². The molecule has 0 bridgehead atoms. The summed E-state index contributed by atoms with van der Waals surface area (Å²) in [5.41, 5.74) is 2.71. The van der Waals surface area contributed by atoms with E-state index < -0.39 is 0 Å². The molecule has 1 fully saturated rings. The van der Waals surface area contributed by atoms with Gasteiger partial charge in [0.2, 0.25) is 0 Å². The summed E-state index contributed by atoms with van der Waals surface area (Å²) in [4.78, 5) is 2.20. The second kappa shape index (κ2) is 5.35. The van der Waals surface area contributed by atoms with Crippen molar-refractivity contribution in [1.29, 1.82) is 5.41 Å². The van der Waals surface area contributed by atoms with Gasteiger partial charge in [-0.25, -0.2) is 0 Å². The maximum atomic E-state index is 7.93. The number of likely N-dealkylation sites (tertiary alicyclic amines) is 1. The molecule has 1 aliphatic heterocycles. The van der Waals surface area contributed by atoms with Gasteiger partial charge in [0.25, 0.3) is 0 Å². The van der Waals surface area contributed by atoms with Crippen molar-refractivity contribution in [2.75, 3.05) is 6.54 Å². The Labute approximate surface area is 104 Å². The van der Waals surface area contributed by atoms with Gasteiger partial charge in [-0.15, -0.1) is 0 Å². The van der Waals surface area contributed by atoms with E-state index in [1.807, 2.05) is 0 Å². The second-order valence-corrected chi connectivity index (χ2v) is 5.22. The molecule has 0 unspecified atom stereocenters. The van der Waals surface area contributed by atoms with E-state index in [0.29, 0.717) is 5.92 Å². The van der Waals surface area contributed by atoms with Crippen LogP contribution in [0, 0.1) is 5.41 Å². The Bertz CT molecular complexity index is 378. The van der Waals surface area contributed by atoms with Crippen LogP contribution < -0.4 is 0 Å². The summed E-state index contributed by atoms with van der Waals surface area (Å²) in [7, 11) is 0. The van der Waals surface area contributed by atoms with Crippen molar-refractivity contribution in [3.63, 3.8) is 0 Å². The van der Waals surface area contributed by atoms with Gasteiger partial charge in [0.05, 0.1) is 5.84 Å². The molecule has 2 nitrogen and oxygen atoms in total. The van der Waals surface area contributed by atoms with Crippen molar-refractivity contribution in [2.24, 2.45) is 0 Å². The highest BCUT2D eigenvalue weighted by Crippen LogP contribution is 2.18. The van der Waals surface area contributed by atoms with Gasteiger partial charge in [-0.05, 0) is 29.9 Å². The predicted octanol–water partition coefficient (Wildman–Crippen LogP) is 3.77. The topological polar surface area (TPSA) is 27.1 Å². The molecule has 0 spiro atoms. The smallest absolute Gasteiger partial charge is 0.0960 e. The van der Waals surface area contributed by atoms with Gasteiger partial charge < -0.3 is 4.90 Å². The number of nitrogens with one attached hydrogen (secondary N) is 1. The lowest BCUT2D eigenvalue weighted by atomic mass is 10.0. The number of benzene rings is 1. The Morgan fingerprint density at radius 3 is 2.47 bits per heavy atom. The van der Waals surface area contributed by atoms with Gasteiger partial charge in [0, 0.05) is 19.5 Å². The van der Waals surface area contributed by atoms with Crippen LogP contribution in [0.4, 0.5) is 0 Å². The SMILES string of the molecule is CC(C)c1ccc(CN2CCCCC2=N)cc1. The lowest BCUT2D eigenvalue weighted by Crippen LogP contribution is -2.34. The fraction of sp³-hybridized carbons (Fsp3) is 0.533. The second-order valence-electron chi connectivity index (χ2n) is 5.22. The first-order chi connectivity index (χ1) is 8.16. The highest BCUT2D eigenvalue weighted by molar-refractivity contribution is 5.79. The Hall–Kier alpha value is -1.31. The molecule has 0 amide bonds. The first-order valence-electron chi connectivity index (χ1n) is 6.58. The van der Waals surface area contributed by atoms with E-state index in [-0.39, 0.29) is 0 Å². The van der Waals surface area contributed by atoms with Crippen LogP contribution in [-0.4, -0.2) is 17.3 Å². The maximum Gasteiger partial charge on any atom is 0.0960 e. The fourth-order valence-electron chi connectivity index (χ4n) is 2.29. The van der Waals surface area contributed by atoms with Crippen molar-refractivity contribution in [3.8, 4) is 0 Å². The van der Waals surface area contributed by atoms with E-state index in [1.165, 1.54) is 24.0 Å². The third-order valence-corrected chi connectivity index (χ3v) is 3.49. The zero-order valence-electron chi connectivity index (χ0n) is 10.9. The maximum absolute atomic E-state index is 7.93. The number of piperidine rings is 1. The summed E-state index contributed by atoms with van der Waals surface area (Å²) < 4.78 is 0. The minimum atomic E-state index is 0.595. The van der Waals surface area contributed by atoms with Gasteiger partial charge in [-0.2, -0.15) is 0 Å². The number of rotatable bonds is 3. The fourth-order valence-corrected chi connectivity index (χ4v) is 2.29. The molecule has 1 aliphatic rings. The van der Waals surface area contributed by atoms with Gasteiger partial charge >= 0.3 is 0 Å². The average molecular weight is 230 g/mol. The first-order valence-corrected chi connectivity index (χ1v) is 6.58. The van der Waals surface area contributed by atoms with Crippen molar-refractivity contribution in [1.82, 2.24) is 4.90 Å². The van der Waals surface area contributed by atoms with Crippen LogP contribution in [0.5, 0.6) is 0 Å². The summed E-state index contributed by atoms with van der Waals surface area (Å²) in [6, 6.07) is 8.84. The normalized spacial score (nSPS) is 16.6. The van der Waals surface area contributed by atoms with Crippen molar-refractivity contribution in [3.05, 3.63) is 35.4 Å². The first kappa shape index (κ1) is 12.2. The zero-order chi connectivity index (χ0) is 12.3. The molecule has 1 heterocycles. The van der Waals surface area contributed by atoms with Crippen LogP contribution in [0.2, 0.25) is 0 Å². The molecule has 0 atom stereocenters. The minimum Gasteiger partial charge on any atom is -0.356 e. The van der Waals surface area contributed by atoms with Crippen molar-refractivity contribution < 1.29 is 0 Å². The minimum absolute atomic E-state index is 0.595. The van der Waals surface area contributed by atoms with Gasteiger partial charge in [-0.3, -0.25) is 5.41 Å². The number of nitrogens with zero attached hydrogens (tertiary/aromatic N) is 1. The number of hydrogen-bond acceptors (Lipinski definition) is 1. The van der Waals surface area contributed by atoms with E-state index in [1.54, 1.807) is 0 Å². The summed E-state index contributed by atoms with van der Waals surface area (Å²) in [5.74, 6) is 1.40. The monoisotopic (exact) mass is 230 g/mol. The van der Waals surface area contributed by atoms with Gasteiger partial charge in [0.15, 0.2) is 0 Å². The van der Waals surface area contributed by atoms with Crippen molar-refractivity contribution >= 4 is 5.84 Å². The van der Waals surface area contributed by atoms with Gasteiger partial charge in [0.1, 0.15) is 0 Å². The Kier molecular flexibility index (Phi) is 3.82. The largest absolute Gasteiger partial charge is 0.356 e. The quantitative estimate of drug-likeness (QED) is 0.840. The Balaban J connectivity index is 2.00. The van der Waals surface area contributed by atoms with Crippen LogP contribution in [0.25, 0.3) is 0 Å². The summed E-state index contributed by atoms with van der Waals surface area (Å²) >= 11 is 0. The highest BCUT2D eigenvalue weighted by atomic mass is 15.2. The molecule has 1 aromatic rings. The molecule has 0 radical (unpaired) electrons. The molecular weight excluding hydrogens is 208 g/mol. The standard InChI is InChI=1S/C15H22N2/c1-12(2)14-8-6-13(7-9-14)11-17-10-4-3-5-15(17)16/h6-9,12,16H,3-5,10-11H2,1-2H3. The molecule has 1 N–H and O–H groups in total. The third kappa shape index (κ3) is 3.09. The summed E-state index contributed by atoms with van der Waals surface area (Å²) in [5, 5.41) is 7.93. The molecule has 2 rings (SSSR count). The zero-order valence-corrected chi connectivity index (χ0v) is 10.9. The van der Waals surface area contributed by atoms with Crippen LogP contribution in [0.3, 0.4) is 0 Å². The Morgan fingerprint density at radius 2 is 1.88 bits per heavy atom. The molecule has 92 valence electrons. The van der Waals surface area contributed by atoms with Crippen LogP contribution in [0.15, 0.2) is 24.3 Å². The van der Waals surface area contributed by atoms with Crippen LogP contribution in [-0.2, 0) is 6.54 Å². The predicted molar refractivity (Wildman–Crippen MR) is 72.5 cm³/mol. The average Bonchev–Trinajstić information content (AvgIpc) is 2.33. The molecule has 1 aromatic carbocycles. The van der Waals surface area contributed by atoms with Crippen LogP contribution >= 0.6 is 0 Å². The molecule has 1 saturated heterocycles. The highest BCUT2D eigenvalue weighted by Gasteiger charge is 2.14. The van der Waals surface area contributed by atoms with Crippen LogP contribution in [0.1, 0.15) is 50.2 Å². The Morgan fingerprint density at radius 1 is 1.18 bits per heavy atom. The number of hydrogen-bond donors (Lipinski definition) is 1. The van der Waals surface area contributed by atoms with Gasteiger partial charge in [-0.1, -0.05) is 38.1 Å². The van der Waals surface area contributed by atoms with E-state index in [4.69, 9.17) is 5.41 Å². The molecular formula is C15H22N2.